The highest BCUT2D eigenvalue weighted by atomic mass is 16.7. The van der Waals surface area contributed by atoms with E-state index in [1.807, 2.05) is 6.07 Å². The van der Waals surface area contributed by atoms with E-state index in [1.165, 1.54) is 13.8 Å². The first-order valence-electron chi connectivity index (χ1n) is 13.8. The molecular formula is C29H36O17. The molecule has 0 aliphatic carbocycles. The summed E-state index contributed by atoms with van der Waals surface area (Å²) in [5.41, 5.74) is 0.828. The Labute approximate surface area is 263 Å². The lowest BCUT2D eigenvalue weighted by molar-refractivity contribution is -0.180. The van der Waals surface area contributed by atoms with E-state index >= 15 is 0 Å². The van der Waals surface area contributed by atoms with Crippen LogP contribution in [0.2, 0.25) is 0 Å². The van der Waals surface area contributed by atoms with Crippen LogP contribution in [0.25, 0.3) is 0 Å². The Balaban J connectivity index is 2.28. The molecule has 0 aliphatic rings. The second kappa shape index (κ2) is 20.8. The van der Waals surface area contributed by atoms with Crippen molar-refractivity contribution in [2.24, 2.45) is 0 Å². The number of ether oxygens (including phenoxy) is 9. The normalized spacial score (nSPS) is 13.0. The molecular weight excluding hydrogens is 620 g/mol. The maximum Gasteiger partial charge on any atom is 0.347 e. The Hall–Kier alpha value is -5.06. The zero-order valence-corrected chi connectivity index (χ0v) is 25.9. The molecule has 4 atom stereocenters. The second-order valence-corrected chi connectivity index (χ2v) is 9.08. The molecule has 0 heterocycles. The van der Waals surface area contributed by atoms with Gasteiger partial charge in [-0.1, -0.05) is 30.3 Å². The summed E-state index contributed by atoms with van der Waals surface area (Å²) in [7, 11) is 0. The number of benzene rings is 1. The molecule has 0 spiro atoms. The van der Waals surface area contributed by atoms with E-state index < -0.39 is 98.6 Å². The number of hydrogen-bond acceptors (Lipinski definition) is 17. The highest BCUT2D eigenvalue weighted by molar-refractivity contribution is 5.85. The van der Waals surface area contributed by atoms with Crippen molar-refractivity contribution in [3.8, 4) is 0 Å². The van der Waals surface area contributed by atoms with Crippen LogP contribution in [0.1, 0.15) is 40.2 Å². The number of carbonyl (C=O) groups excluding carboxylic acids is 8. The Morgan fingerprint density at radius 2 is 0.826 bits per heavy atom. The first-order chi connectivity index (χ1) is 21.7. The second-order valence-electron chi connectivity index (χ2n) is 9.08. The van der Waals surface area contributed by atoms with E-state index in [2.05, 4.69) is 14.2 Å². The lowest BCUT2D eigenvalue weighted by Crippen LogP contribution is -2.34. The average Bonchev–Trinajstić information content (AvgIpc) is 3.01. The molecule has 1 aromatic carbocycles. The average molecular weight is 657 g/mol. The molecule has 0 amide bonds. The Morgan fingerprint density at radius 3 is 1.17 bits per heavy atom. The molecule has 0 aliphatic heterocycles. The van der Waals surface area contributed by atoms with Gasteiger partial charge in [0.25, 0.3) is 0 Å². The fourth-order valence-electron chi connectivity index (χ4n) is 2.95. The molecule has 0 saturated heterocycles. The summed E-state index contributed by atoms with van der Waals surface area (Å²) in [5, 5.41) is 0. The summed E-state index contributed by atoms with van der Waals surface area (Å²) in [6.07, 6.45) is -5.66. The van der Waals surface area contributed by atoms with Gasteiger partial charge in [-0.3, -0.25) is 0 Å². The maximum atomic E-state index is 12.0. The minimum absolute atomic E-state index is 0.0729. The summed E-state index contributed by atoms with van der Waals surface area (Å²) >= 11 is 0. The van der Waals surface area contributed by atoms with Gasteiger partial charge in [0.1, 0.15) is 6.61 Å². The summed E-state index contributed by atoms with van der Waals surface area (Å²) < 4.78 is 43.0. The van der Waals surface area contributed by atoms with Crippen LogP contribution in [0.3, 0.4) is 0 Å². The molecule has 1 aromatic rings. The van der Waals surface area contributed by atoms with Gasteiger partial charge in [0, 0.05) is 0 Å². The Kier molecular flexibility index (Phi) is 17.6. The van der Waals surface area contributed by atoms with E-state index in [0.717, 1.165) is 19.4 Å². The predicted molar refractivity (Wildman–Crippen MR) is 148 cm³/mol. The van der Waals surface area contributed by atoms with Crippen LogP contribution in [-0.2, 0) is 87.6 Å². The first kappa shape index (κ1) is 39.0. The van der Waals surface area contributed by atoms with Gasteiger partial charge in [-0.25, -0.2) is 38.4 Å². The molecule has 1 rings (SSSR count). The van der Waals surface area contributed by atoms with E-state index in [4.69, 9.17) is 28.4 Å². The fraction of sp³-hybridized carbons (Fsp3) is 0.517. The summed E-state index contributed by atoms with van der Waals surface area (Å²) in [6, 6.07) is 9.02. The number of esters is 8. The molecule has 254 valence electrons. The lowest BCUT2D eigenvalue weighted by Gasteiger charge is -2.15. The molecule has 0 radical (unpaired) electrons. The topological polar surface area (TPSA) is 220 Å². The van der Waals surface area contributed by atoms with E-state index in [1.54, 1.807) is 31.2 Å². The van der Waals surface area contributed by atoms with Crippen LogP contribution in [0.5, 0.6) is 0 Å². The van der Waals surface area contributed by atoms with Gasteiger partial charge >= 0.3 is 47.8 Å². The zero-order valence-electron chi connectivity index (χ0n) is 25.9. The molecule has 17 heteroatoms. The largest absolute Gasteiger partial charge is 0.463 e. The maximum absolute atomic E-state index is 12.0. The van der Waals surface area contributed by atoms with E-state index in [0.29, 0.717) is 0 Å². The number of hydrogen-bond donors (Lipinski definition) is 0. The van der Waals surface area contributed by atoms with Crippen molar-refractivity contribution in [2.45, 2.75) is 65.6 Å². The van der Waals surface area contributed by atoms with Crippen LogP contribution < -0.4 is 0 Å². The minimum Gasteiger partial charge on any atom is -0.463 e. The molecule has 0 saturated carbocycles. The monoisotopic (exact) mass is 656 g/mol. The highest BCUT2D eigenvalue weighted by Gasteiger charge is 2.26. The molecule has 0 N–H and O–H groups in total. The third-order valence-electron chi connectivity index (χ3n) is 5.18. The van der Waals surface area contributed by atoms with Gasteiger partial charge in [-0.05, 0) is 40.2 Å². The van der Waals surface area contributed by atoms with Crippen LogP contribution in [0.4, 0.5) is 0 Å². The van der Waals surface area contributed by atoms with Crippen molar-refractivity contribution in [1.29, 1.82) is 0 Å². The van der Waals surface area contributed by atoms with Gasteiger partial charge in [0.15, 0.2) is 44.2 Å². The van der Waals surface area contributed by atoms with Crippen molar-refractivity contribution >= 4 is 47.8 Å². The highest BCUT2D eigenvalue weighted by Crippen LogP contribution is 2.04. The van der Waals surface area contributed by atoms with Crippen LogP contribution in [0, 0.1) is 0 Å². The van der Waals surface area contributed by atoms with Crippen molar-refractivity contribution < 1.29 is 81.0 Å². The van der Waals surface area contributed by atoms with Gasteiger partial charge < -0.3 is 42.6 Å². The van der Waals surface area contributed by atoms with Crippen molar-refractivity contribution in [3.63, 3.8) is 0 Å². The minimum atomic E-state index is -1.54. The summed E-state index contributed by atoms with van der Waals surface area (Å²) in [4.78, 5) is 94.8. The molecule has 0 bridgehead atoms. The smallest absolute Gasteiger partial charge is 0.347 e. The summed E-state index contributed by atoms with van der Waals surface area (Å²) in [5.74, 6) is -8.42. The standard InChI is InChI=1S/C29H36O17/c1-6-39-26(34)17(2)44-23(31)14-41-28(36)19(4)46-25(33)16-42-29(37)20(5)45-24(32)15-40-27(35)18(3)43-22(30)13-38-12-21-10-8-7-9-11-21/h7-11,17-20H,6,12-16H2,1-5H3. The molecule has 17 nitrogen and oxygen atoms in total. The fourth-order valence-corrected chi connectivity index (χ4v) is 2.95. The third-order valence-corrected chi connectivity index (χ3v) is 5.18. The van der Waals surface area contributed by atoms with E-state index in [9.17, 15) is 38.4 Å². The van der Waals surface area contributed by atoms with Crippen LogP contribution in [0.15, 0.2) is 30.3 Å². The zero-order chi connectivity index (χ0) is 34.6. The van der Waals surface area contributed by atoms with Crippen LogP contribution >= 0.6 is 0 Å². The molecule has 46 heavy (non-hydrogen) atoms. The Morgan fingerprint density at radius 1 is 0.500 bits per heavy atom. The molecule has 0 fully saturated rings. The SMILES string of the molecule is CCOC(=O)C(C)OC(=O)COC(=O)C(C)OC(=O)COC(=O)C(C)OC(=O)COC(=O)C(C)OC(=O)COCc1ccccc1. The van der Waals surface area contributed by atoms with Gasteiger partial charge in [-0.2, -0.15) is 0 Å². The molecule has 0 aromatic heterocycles. The van der Waals surface area contributed by atoms with Crippen molar-refractivity contribution in [1.82, 2.24) is 0 Å². The van der Waals surface area contributed by atoms with Crippen LogP contribution in [-0.4, -0.2) is 105 Å². The predicted octanol–water partition coefficient (Wildman–Crippen LogP) is 0.123. The number of rotatable bonds is 19. The van der Waals surface area contributed by atoms with Gasteiger partial charge in [0.2, 0.25) is 0 Å². The van der Waals surface area contributed by atoms with Crippen molar-refractivity contribution in [3.05, 3.63) is 35.9 Å². The van der Waals surface area contributed by atoms with E-state index in [-0.39, 0.29) is 13.2 Å². The quantitative estimate of drug-likeness (QED) is 0.143. The lowest BCUT2D eigenvalue weighted by atomic mass is 10.2. The van der Waals surface area contributed by atoms with Gasteiger partial charge in [-0.15, -0.1) is 0 Å². The van der Waals surface area contributed by atoms with Crippen molar-refractivity contribution in [2.75, 3.05) is 33.0 Å². The molecule has 4 unspecified atom stereocenters. The Bertz CT molecular complexity index is 1210. The summed E-state index contributed by atoms with van der Waals surface area (Å²) in [6.45, 7) is 3.25. The third kappa shape index (κ3) is 16.1. The number of carbonyl (C=O) groups is 8. The van der Waals surface area contributed by atoms with Gasteiger partial charge in [0.05, 0.1) is 13.2 Å². The first-order valence-corrected chi connectivity index (χ1v) is 13.8.